The van der Waals surface area contributed by atoms with Crippen molar-refractivity contribution in [1.82, 2.24) is 15.2 Å². The summed E-state index contributed by atoms with van der Waals surface area (Å²) in [6, 6.07) is 11.6. The normalized spacial score (nSPS) is 16.5. The predicted octanol–water partition coefficient (Wildman–Crippen LogP) is 7.68. The summed E-state index contributed by atoms with van der Waals surface area (Å²) >= 11 is 6.86. The van der Waals surface area contributed by atoms with Crippen molar-refractivity contribution < 1.29 is 14.4 Å². The van der Waals surface area contributed by atoms with Gasteiger partial charge in [-0.2, -0.15) is 0 Å². The minimum Gasteiger partial charge on any atom is -0.358 e. The Morgan fingerprint density at radius 1 is 0.956 bits per heavy atom. The lowest BCUT2D eigenvalue weighted by Gasteiger charge is -2.15. The molecule has 4 heterocycles. The van der Waals surface area contributed by atoms with E-state index in [2.05, 4.69) is 85.4 Å². The Morgan fingerprint density at radius 3 is 2.33 bits per heavy atom. The number of halogens is 2. The highest BCUT2D eigenvalue weighted by Gasteiger charge is 2.29. The molecule has 0 bridgehead atoms. The summed E-state index contributed by atoms with van der Waals surface area (Å²) in [6.45, 7) is 12.4. The molecule has 3 aliphatic rings. The number of nitrogens with one attached hydrogen (secondary N) is 4. The van der Waals surface area contributed by atoms with Crippen LogP contribution in [0.15, 0.2) is 45.3 Å². The third-order valence-corrected chi connectivity index (χ3v) is 9.35. The Labute approximate surface area is 282 Å². The van der Waals surface area contributed by atoms with Crippen molar-refractivity contribution in [3.63, 3.8) is 0 Å². The van der Waals surface area contributed by atoms with Gasteiger partial charge in [-0.15, -0.1) is 0 Å². The van der Waals surface area contributed by atoms with Crippen LogP contribution in [0.4, 0.5) is 11.4 Å². The van der Waals surface area contributed by atoms with Crippen LogP contribution in [0.3, 0.4) is 0 Å². The lowest BCUT2D eigenvalue weighted by atomic mass is 9.93. The number of carbonyl (C=O) groups is 3. The molecule has 0 unspecified atom stereocenters. The number of likely N-dealkylation sites (tertiary alicyclic amines) is 1. The van der Waals surface area contributed by atoms with Gasteiger partial charge in [-0.25, -0.2) is 0 Å². The van der Waals surface area contributed by atoms with Gasteiger partial charge in [0.1, 0.15) is 0 Å². The Morgan fingerprint density at radius 2 is 1.64 bits per heavy atom. The number of amides is 3. The Hall–Kier alpha value is -3.21. The summed E-state index contributed by atoms with van der Waals surface area (Å²) in [5.74, 6) is 0.185. The van der Waals surface area contributed by atoms with E-state index in [0.717, 1.165) is 66.9 Å². The second kappa shape index (κ2) is 14.5. The Balaban J connectivity index is 0.000000304. The molecule has 238 valence electrons. The number of hydrogen-bond acceptors (Lipinski definition) is 4. The molecule has 1 fully saturated rings. The fourth-order valence-corrected chi connectivity index (χ4v) is 6.96. The number of rotatable bonds is 8. The van der Waals surface area contributed by atoms with Crippen LogP contribution in [0.5, 0.6) is 0 Å². The van der Waals surface area contributed by atoms with Crippen molar-refractivity contribution >= 4 is 72.6 Å². The molecule has 0 saturated carbocycles. The maximum Gasteiger partial charge on any atom is 0.256 e. The summed E-state index contributed by atoms with van der Waals surface area (Å²) in [5, 5.41) is 8.87. The average Bonchev–Trinajstić information content (AvgIpc) is 3.77. The number of H-pyrrole nitrogens is 1. The van der Waals surface area contributed by atoms with Crippen LogP contribution in [-0.2, 0) is 16.0 Å². The van der Waals surface area contributed by atoms with Gasteiger partial charge in [0.15, 0.2) is 0 Å². The number of nitrogens with zero attached hydrogens (tertiary/aromatic N) is 1. The van der Waals surface area contributed by atoms with E-state index in [1.165, 1.54) is 25.9 Å². The van der Waals surface area contributed by atoms with E-state index in [1.54, 1.807) is 0 Å². The zero-order chi connectivity index (χ0) is 32.2. The highest BCUT2D eigenvalue weighted by Crippen LogP contribution is 2.38. The fraction of sp³-hybridized carbons (Fsp3) is 0.400. The van der Waals surface area contributed by atoms with Crippen LogP contribution < -0.4 is 16.0 Å². The largest absolute Gasteiger partial charge is 0.358 e. The van der Waals surface area contributed by atoms with Crippen molar-refractivity contribution in [2.24, 2.45) is 0 Å². The summed E-state index contributed by atoms with van der Waals surface area (Å²) in [6.07, 6.45) is 5.92. The summed E-state index contributed by atoms with van der Waals surface area (Å²) in [7, 11) is 0. The molecular formula is C35H41Br2N5O3. The summed E-state index contributed by atoms with van der Waals surface area (Å²) in [4.78, 5) is 43.0. The second-order valence-electron chi connectivity index (χ2n) is 12.4. The van der Waals surface area contributed by atoms with Gasteiger partial charge in [0.05, 0.1) is 17.6 Å². The second-order valence-corrected chi connectivity index (χ2v) is 14.3. The first-order chi connectivity index (χ1) is 21.5. The van der Waals surface area contributed by atoms with E-state index in [0.29, 0.717) is 18.5 Å². The maximum atomic E-state index is 13.4. The van der Waals surface area contributed by atoms with Gasteiger partial charge in [0.2, 0.25) is 5.91 Å². The first kappa shape index (κ1) is 33.2. The number of hydrogen-bond donors (Lipinski definition) is 4. The number of anilines is 2. The van der Waals surface area contributed by atoms with Gasteiger partial charge >= 0.3 is 0 Å². The van der Waals surface area contributed by atoms with Gasteiger partial charge in [0, 0.05) is 43.8 Å². The van der Waals surface area contributed by atoms with E-state index >= 15 is 0 Å². The first-order valence-electron chi connectivity index (χ1n) is 15.7. The Kier molecular flexibility index (Phi) is 10.7. The number of aromatic nitrogens is 1. The smallest absolute Gasteiger partial charge is 0.256 e. The minimum atomic E-state index is -0.128. The van der Waals surface area contributed by atoms with E-state index in [1.807, 2.05) is 42.5 Å². The third-order valence-electron chi connectivity index (χ3n) is 8.36. The standard InChI is InChI=1S/C27H35BrN4O2.C8H6BrNO/c1-16(2)23-22(15-20-19-14-18(28)8-9-21(19)31-26(20)33)30-25(17(3)4)24(23)27(34)29-10-7-13-32-11-5-6-12-32;9-6-1-2-7-5(3-6)4-8(11)10-7/h8-9,14-17,30H,5-7,10-13H2,1-4H3,(H,29,34)(H,31,33);1-3H,4H2,(H,10,11). The maximum absolute atomic E-state index is 13.4. The molecule has 4 N–H and O–H groups in total. The zero-order valence-corrected chi connectivity index (χ0v) is 29.5. The van der Waals surface area contributed by atoms with Crippen LogP contribution in [0.25, 0.3) is 11.6 Å². The average molecular weight is 740 g/mol. The highest BCUT2D eigenvalue weighted by molar-refractivity contribution is 9.10. The van der Waals surface area contributed by atoms with E-state index in [4.69, 9.17) is 0 Å². The molecule has 0 radical (unpaired) electrons. The Bertz CT molecular complexity index is 1640. The molecule has 45 heavy (non-hydrogen) atoms. The van der Waals surface area contributed by atoms with Gasteiger partial charge in [-0.1, -0.05) is 59.6 Å². The van der Waals surface area contributed by atoms with Crippen molar-refractivity contribution in [3.8, 4) is 0 Å². The van der Waals surface area contributed by atoms with Gasteiger partial charge in [-0.3, -0.25) is 14.4 Å². The number of aromatic amines is 1. The van der Waals surface area contributed by atoms with Crippen molar-refractivity contribution in [2.75, 3.05) is 36.8 Å². The van der Waals surface area contributed by atoms with E-state index < -0.39 is 0 Å². The topological polar surface area (TPSA) is 106 Å². The molecule has 8 nitrogen and oxygen atoms in total. The van der Waals surface area contributed by atoms with Gasteiger partial charge < -0.3 is 25.8 Å². The predicted molar refractivity (Wildman–Crippen MR) is 189 cm³/mol. The number of benzene rings is 2. The number of carbonyl (C=O) groups excluding carboxylic acids is 3. The molecule has 1 aromatic heterocycles. The molecule has 10 heteroatoms. The molecule has 1 saturated heterocycles. The molecule has 2 aromatic carbocycles. The molecule has 0 atom stereocenters. The summed E-state index contributed by atoms with van der Waals surface area (Å²) in [5.41, 5.74) is 7.73. The lowest BCUT2D eigenvalue weighted by Crippen LogP contribution is -2.29. The fourth-order valence-electron chi connectivity index (χ4n) is 6.19. The van der Waals surface area contributed by atoms with Gasteiger partial charge in [0.25, 0.3) is 11.8 Å². The van der Waals surface area contributed by atoms with E-state index in [-0.39, 0.29) is 29.6 Å². The lowest BCUT2D eigenvalue weighted by molar-refractivity contribution is -0.115. The molecule has 3 amide bonds. The van der Waals surface area contributed by atoms with E-state index in [9.17, 15) is 14.4 Å². The highest BCUT2D eigenvalue weighted by atomic mass is 79.9. The first-order valence-corrected chi connectivity index (χ1v) is 17.3. The molecule has 3 aliphatic heterocycles. The van der Waals surface area contributed by atoms with Crippen molar-refractivity contribution in [1.29, 1.82) is 0 Å². The van der Waals surface area contributed by atoms with Crippen molar-refractivity contribution in [3.05, 3.63) is 79.0 Å². The zero-order valence-electron chi connectivity index (χ0n) is 26.3. The van der Waals surface area contributed by atoms with Gasteiger partial charge in [-0.05, 0) is 104 Å². The van der Waals surface area contributed by atoms with Crippen LogP contribution in [-0.4, -0.2) is 53.8 Å². The molecule has 0 spiro atoms. The number of fused-ring (bicyclic) bond motifs is 2. The summed E-state index contributed by atoms with van der Waals surface area (Å²) < 4.78 is 1.94. The molecular weight excluding hydrogens is 698 g/mol. The molecule has 0 aliphatic carbocycles. The minimum absolute atomic E-state index is 0.0336. The molecule has 6 rings (SSSR count). The van der Waals surface area contributed by atoms with Crippen LogP contribution in [0, 0.1) is 0 Å². The SMILES string of the molecule is CC(C)c1[nH]c(C=C2C(=O)Nc3ccc(Br)cc32)c(C(C)C)c1C(=O)NCCCN1CCCC1.O=C1Cc2cc(Br)ccc2N1. The monoisotopic (exact) mass is 737 g/mol. The van der Waals surface area contributed by atoms with Crippen molar-refractivity contribution in [2.45, 2.75) is 65.2 Å². The molecule has 3 aromatic rings. The van der Waals surface area contributed by atoms with Crippen LogP contribution in [0.1, 0.15) is 97.2 Å². The van der Waals surface area contributed by atoms with Crippen LogP contribution in [0.2, 0.25) is 0 Å². The van der Waals surface area contributed by atoms with Crippen LogP contribution >= 0.6 is 31.9 Å². The quantitative estimate of drug-likeness (QED) is 0.141. The third kappa shape index (κ3) is 7.79.